The van der Waals surface area contributed by atoms with E-state index in [2.05, 4.69) is 5.43 Å². The molecule has 16 heavy (non-hydrogen) atoms. The third-order valence-electron chi connectivity index (χ3n) is 2.71. The smallest absolute Gasteiger partial charge is 0.303 e. The van der Waals surface area contributed by atoms with Crippen molar-refractivity contribution in [2.45, 2.75) is 64.2 Å². The maximum Gasteiger partial charge on any atom is 0.303 e. The van der Waals surface area contributed by atoms with Gasteiger partial charge in [-0.3, -0.25) is 16.1 Å². The van der Waals surface area contributed by atoms with Gasteiger partial charge in [-0.05, 0) is 12.8 Å². The van der Waals surface area contributed by atoms with Gasteiger partial charge in [0.2, 0.25) is 0 Å². The number of carbonyl (C=O) groups is 1. The first-order valence-corrected chi connectivity index (χ1v) is 6.42. The molecular weight excluding hydrogens is 204 g/mol. The highest BCUT2D eigenvalue weighted by Crippen LogP contribution is 2.10. The lowest BCUT2D eigenvalue weighted by atomic mass is 10.1. The second kappa shape index (κ2) is 12.5. The van der Waals surface area contributed by atoms with Crippen LogP contribution in [0.5, 0.6) is 0 Å². The van der Waals surface area contributed by atoms with Gasteiger partial charge in [0.25, 0.3) is 0 Å². The highest BCUT2D eigenvalue weighted by molar-refractivity contribution is 5.66. The van der Waals surface area contributed by atoms with Gasteiger partial charge in [0.05, 0.1) is 0 Å². The van der Waals surface area contributed by atoms with E-state index in [1.165, 1.54) is 38.5 Å². The van der Waals surface area contributed by atoms with E-state index in [0.29, 0.717) is 6.42 Å². The van der Waals surface area contributed by atoms with Crippen LogP contribution in [-0.4, -0.2) is 17.6 Å². The van der Waals surface area contributed by atoms with Gasteiger partial charge in [0.15, 0.2) is 0 Å². The molecule has 4 N–H and O–H groups in total. The minimum absolute atomic E-state index is 0.325. The number of hydrogen-bond donors (Lipinski definition) is 3. The minimum Gasteiger partial charge on any atom is -0.481 e. The zero-order valence-electron chi connectivity index (χ0n) is 10.2. The summed E-state index contributed by atoms with van der Waals surface area (Å²) in [6, 6.07) is 0. The Morgan fingerprint density at radius 3 is 1.75 bits per heavy atom. The molecule has 96 valence electrons. The first-order valence-electron chi connectivity index (χ1n) is 6.42. The molecule has 0 saturated carbocycles. The number of nitrogens with two attached hydrogens (primary N) is 1. The van der Waals surface area contributed by atoms with E-state index in [0.717, 1.165) is 25.8 Å². The van der Waals surface area contributed by atoms with Crippen LogP contribution in [-0.2, 0) is 4.79 Å². The molecular formula is C12H26N2O2. The predicted octanol–water partition coefficient (Wildman–Crippen LogP) is 2.44. The van der Waals surface area contributed by atoms with Crippen LogP contribution in [0.2, 0.25) is 0 Å². The Morgan fingerprint density at radius 2 is 1.31 bits per heavy atom. The van der Waals surface area contributed by atoms with Crippen molar-refractivity contribution in [1.29, 1.82) is 0 Å². The number of rotatable bonds is 12. The Bertz CT molecular complexity index is 163. The van der Waals surface area contributed by atoms with Crippen molar-refractivity contribution in [3.63, 3.8) is 0 Å². The second-order valence-electron chi connectivity index (χ2n) is 4.28. The Balaban J connectivity index is 2.90. The van der Waals surface area contributed by atoms with Gasteiger partial charge >= 0.3 is 5.97 Å². The van der Waals surface area contributed by atoms with Crippen molar-refractivity contribution in [2.24, 2.45) is 5.84 Å². The lowest BCUT2D eigenvalue weighted by Crippen LogP contribution is -2.22. The maximum absolute atomic E-state index is 10.2. The molecule has 0 bridgehead atoms. The highest BCUT2D eigenvalue weighted by atomic mass is 16.4. The summed E-state index contributed by atoms with van der Waals surface area (Å²) in [7, 11) is 0. The molecule has 0 heterocycles. The van der Waals surface area contributed by atoms with Crippen molar-refractivity contribution in [3.8, 4) is 0 Å². The minimum atomic E-state index is -0.673. The second-order valence-corrected chi connectivity index (χ2v) is 4.28. The summed E-state index contributed by atoms with van der Waals surface area (Å²) >= 11 is 0. The van der Waals surface area contributed by atoms with Crippen LogP contribution in [0, 0.1) is 0 Å². The normalized spacial score (nSPS) is 10.6. The van der Waals surface area contributed by atoms with Crippen LogP contribution in [0.1, 0.15) is 64.2 Å². The van der Waals surface area contributed by atoms with Crippen LogP contribution in [0.25, 0.3) is 0 Å². The van der Waals surface area contributed by atoms with Crippen molar-refractivity contribution in [2.75, 3.05) is 6.54 Å². The Morgan fingerprint density at radius 1 is 0.875 bits per heavy atom. The summed E-state index contributed by atoms with van der Waals surface area (Å²) in [5, 5.41) is 8.44. The van der Waals surface area contributed by atoms with E-state index < -0.39 is 5.97 Å². The van der Waals surface area contributed by atoms with Crippen LogP contribution >= 0.6 is 0 Å². The molecule has 0 aromatic carbocycles. The lowest BCUT2D eigenvalue weighted by molar-refractivity contribution is -0.137. The van der Waals surface area contributed by atoms with E-state index in [-0.39, 0.29) is 0 Å². The topological polar surface area (TPSA) is 75.3 Å². The molecule has 0 unspecified atom stereocenters. The van der Waals surface area contributed by atoms with Crippen LogP contribution < -0.4 is 11.3 Å². The summed E-state index contributed by atoms with van der Waals surface area (Å²) in [5.74, 6) is 4.49. The van der Waals surface area contributed by atoms with E-state index in [4.69, 9.17) is 10.9 Å². The molecule has 0 aliphatic rings. The number of hydrogen-bond acceptors (Lipinski definition) is 3. The van der Waals surface area contributed by atoms with Gasteiger partial charge in [-0.15, -0.1) is 0 Å². The Kier molecular flexibility index (Phi) is 12.0. The van der Waals surface area contributed by atoms with Crippen LogP contribution in [0.4, 0.5) is 0 Å². The van der Waals surface area contributed by atoms with Gasteiger partial charge < -0.3 is 5.11 Å². The standard InChI is InChI=1S/C12H26N2O2/c13-14-11-9-7-5-3-1-2-4-6-8-10-12(15)16/h14H,1-11,13H2,(H,15,16). The van der Waals surface area contributed by atoms with Crippen LogP contribution in [0.15, 0.2) is 0 Å². The molecule has 0 rings (SSSR count). The van der Waals surface area contributed by atoms with Gasteiger partial charge in [-0.1, -0.05) is 44.9 Å². The third-order valence-corrected chi connectivity index (χ3v) is 2.71. The average Bonchev–Trinajstić information content (AvgIpc) is 2.25. The molecule has 4 nitrogen and oxygen atoms in total. The van der Waals surface area contributed by atoms with Crippen molar-refractivity contribution in [1.82, 2.24) is 5.43 Å². The zero-order valence-corrected chi connectivity index (χ0v) is 10.2. The number of carboxylic acids is 1. The first-order chi connectivity index (χ1) is 7.77. The zero-order chi connectivity index (χ0) is 12.1. The molecule has 0 amide bonds. The molecule has 0 aromatic rings. The monoisotopic (exact) mass is 230 g/mol. The van der Waals surface area contributed by atoms with Crippen molar-refractivity contribution < 1.29 is 9.90 Å². The molecule has 0 radical (unpaired) electrons. The predicted molar refractivity (Wildman–Crippen MR) is 66.0 cm³/mol. The molecule has 0 spiro atoms. The third kappa shape index (κ3) is 13.4. The van der Waals surface area contributed by atoms with Gasteiger partial charge in [-0.25, -0.2) is 0 Å². The maximum atomic E-state index is 10.2. The first kappa shape index (κ1) is 15.4. The SMILES string of the molecule is NNCCCCCCCCCCCC(=O)O. The van der Waals surface area contributed by atoms with E-state index in [1.54, 1.807) is 0 Å². The number of hydrazine groups is 1. The fourth-order valence-corrected chi connectivity index (χ4v) is 1.74. The summed E-state index contributed by atoms with van der Waals surface area (Å²) in [5.41, 5.74) is 2.65. The van der Waals surface area contributed by atoms with Gasteiger partial charge in [0.1, 0.15) is 0 Å². The van der Waals surface area contributed by atoms with Crippen molar-refractivity contribution >= 4 is 5.97 Å². The number of nitrogens with one attached hydrogen (secondary N) is 1. The summed E-state index contributed by atoms with van der Waals surface area (Å²) < 4.78 is 0. The Hall–Kier alpha value is -0.610. The quantitative estimate of drug-likeness (QED) is 0.273. The van der Waals surface area contributed by atoms with Gasteiger partial charge in [0, 0.05) is 13.0 Å². The number of carboxylic acid groups (broad SMARTS) is 1. The fourth-order valence-electron chi connectivity index (χ4n) is 1.74. The van der Waals surface area contributed by atoms with E-state index in [1.807, 2.05) is 0 Å². The summed E-state index contributed by atoms with van der Waals surface area (Å²) in [6.45, 7) is 0.912. The fraction of sp³-hybridized carbons (Fsp3) is 0.917. The molecule has 0 aliphatic carbocycles. The molecule has 4 heteroatoms. The Labute approximate surface area is 98.6 Å². The largest absolute Gasteiger partial charge is 0.481 e. The molecule has 0 saturated heterocycles. The number of unbranched alkanes of at least 4 members (excludes halogenated alkanes) is 8. The summed E-state index contributed by atoms with van der Waals surface area (Å²) in [4.78, 5) is 10.2. The van der Waals surface area contributed by atoms with E-state index >= 15 is 0 Å². The van der Waals surface area contributed by atoms with E-state index in [9.17, 15) is 4.79 Å². The molecule has 0 aromatic heterocycles. The van der Waals surface area contributed by atoms with Crippen molar-refractivity contribution in [3.05, 3.63) is 0 Å². The average molecular weight is 230 g/mol. The molecule has 0 atom stereocenters. The number of aliphatic carboxylic acids is 1. The molecule has 0 aliphatic heterocycles. The lowest BCUT2D eigenvalue weighted by Gasteiger charge is -2.01. The van der Waals surface area contributed by atoms with Crippen LogP contribution in [0.3, 0.4) is 0 Å². The van der Waals surface area contributed by atoms with Gasteiger partial charge in [-0.2, -0.15) is 0 Å². The highest BCUT2D eigenvalue weighted by Gasteiger charge is 1.96. The molecule has 0 fully saturated rings. The summed E-state index contributed by atoms with van der Waals surface area (Å²) in [6.07, 6.45) is 10.9.